The molecule has 40 heavy (non-hydrogen) atoms. The van der Waals surface area contributed by atoms with E-state index in [1.54, 1.807) is 49.4 Å². The van der Waals surface area contributed by atoms with E-state index in [0.29, 0.717) is 33.7 Å². The Balaban J connectivity index is 1.77. The first-order chi connectivity index (χ1) is 19.0. The molecule has 2 aromatic rings. The molecular formula is C29H39Cl2N3O5S. The van der Waals surface area contributed by atoms with Gasteiger partial charge >= 0.3 is 0 Å². The second-order valence-corrected chi connectivity index (χ2v) is 12.9. The Morgan fingerprint density at radius 2 is 1.80 bits per heavy atom. The summed E-state index contributed by atoms with van der Waals surface area (Å²) in [6.07, 6.45) is 6.59. The van der Waals surface area contributed by atoms with E-state index in [1.165, 1.54) is 15.6 Å². The van der Waals surface area contributed by atoms with Crippen LogP contribution in [0.15, 0.2) is 42.5 Å². The third-order valence-corrected chi connectivity index (χ3v) is 8.83. The van der Waals surface area contributed by atoms with Crippen LogP contribution in [0.5, 0.6) is 5.75 Å². The molecular weight excluding hydrogens is 573 g/mol. The van der Waals surface area contributed by atoms with Gasteiger partial charge in [0.15, 0.2) is 0 Å². The topological polar surface area (TPSA) is 96.0 Å². The summed E-state index contributed by atoms with van der Waals surface area (Å²) in [5.74, 6) is -0.0358. The summed E-state index contributed by atoms with van der Waals surface area (Å²) in [6, 6.07) is 11.3. The van der Waals surface area contributed by atoms with Gasteiger partial charge in [-0.3, -0.25) is 13.9 Å². The molecule has 0 unspecified atom stereocenters. The molecule has 3 rings (SSSR count). The molecule has 11 heteroatoms. The number of rotatable bonds is 13. The Morgan fingerprint density at radius 3 is 2.45 bits per heavy atom. The maximum Gasteiger partial charge on any atom is 0.242 e. The summed E-state index contributed by atoms with van der Waals surface area (Å²) in [5, 5.41) is 3.99. The van der Waals surface area contributed by atoms with Crippen molar-refractivity contribution in [2.75, 3.05) is 23.7 Å². The number of hydrogen-bond acceptors (Lipinski definition) is 5. The zero-order chi connectivity index (χ0) is 29.3. The first-order valence-electron chi connectivity index (χ1n) is 13.7. The molecule has 0 bridgehead atoms. The van der Waals surface area contributed by atoms with Gasteiger partial charge in [0.05, 0.1) is 18.6 Å². The number of carbonyl (C=O) groups excluding carboxylic acids is 2. The van der Waals surface area contributed by atoms with Crippen molar-refractivity contribution >= 4 is 50.7 Å². The number of sulfonamides is 1. The first kappa shape index (κ1) is 32.0. The molecule has 0 radical (unpaired) electrons. The van der Waals surface area contributed by atoms with Crippen LogP contribution in [0.3, 0.4) is 0 Å². The minimum Gasteiger partial charge on any atom is -0.492 e. The predicted molar refractivity (Wildman–Crippen MR) is 161 cm³/mol. The van der Waals surface area contributed by atoms with Gasteiger partial charge in [-0.1, -0.05) is 60.7 Å². The Kier molecular flexibility index (Phi) is 12.0. The van der Waals surface area contributed by atoms with E-state index in [9.17, 15) is 18.0 Å². The van der Waals surface area contributed by atoms with Gasteiger partial charge in [0.1, 0.15) is 11.8 Å². The molecule has 1 saturated carbocycles. The molecule has 1 fully saturated rings. The Labute approximate surface area is 248 Å². The molecule has 220 valence electrons. The van der Waals surface area contributed by atoms with Crippen LogP contribution in [-0.4, -0.2) is 56.6 Å². The van der Waals surface area contributed by atoms with Crippen molar-refractivity contribution in [3.63, 3.8) is 0 Å². The summed E-state index contributed by atoms with van der Waals surface area (Å²) in [4.78, 5) is 28.3. The zero-order valence-corrected chi connectivity index (χ0v) is 25.7. The molecule has 1 aliphatic carbocycles. The standard InChI is InChI=1S/C29H39Cl2N3O5S/c1-4-39-27-14-9-8-13-26(27)34(40(3,37)38)18-10-15-28(35)33(20-22-16-17-23(30)19-25(22)31)21(2)29(36)32-24-11-6-5-7-12-24/h8-9,13-14,16-17,19,21,24H,4-7,10-12,15,18,20H2,1-3H3,(H,32,36)/t21-/m0/s1. The summed E-state index contributed by atoms with van der Waals surface area (Å²) in [5.41, 5.74) is 1.09. The maximum absolute atomic E-state index is 13.6. The minimum absolute atomic E-state index is 0.0368. The predicted octanol–water partition coefficient (Wildman–Crippen LogP) is 5.80. The molecule has 1 aliphatic rings. The van der Waals surface area contributed by atoms with Crippen molar-refractivity contribution < 1.29 is 22.7 Å². The molecule has 2 aromatic carbocycles. The van der Waals surface area contributed by atoms with Crippen LogP contribution in [0.2, 0.25) is 10.0 Å². The number of anilines is 1. The van der Waals surface area contributed by atoms with Crippen molar-refractivity contribution in [1.82, 2.24) is 10.2 Å². The summed E-state index contributed by atoms with van der Waals surface area (Å²) in [6.45, 7) is 4.12. The number of para-hydroxylation sites is 2. The molecule has 2 amide bonds. The van der Waals surface area contributed by atoms with Crippen LogP contribution in [0, 0.1) is 0 Å². The van der Waals surface area contributed by atoms with Crippen LogP contribution < -0.4 is 14.4 Å². The minimum atomic E-state index is -3.65. The molecule has 1 N–H and O–H groups in total. The summed E-state index contributed by atoms with van der Waals surface area (Å²) >= 11 is 12.5. The van der Waals surface area contributed by atoms with Crippen LogP contribution >= 0.6 is 23.2 Å². The fourth-order valence-corrected chi connectivity index (χ4v) is 6.35. The highest BCUT2D eigenvalue weighted by molar-refractivity contribution is 7.92. The first-order valence-corrected chi connectivity index (χ1v) is 16.3. The van der Waals surface area contributed by atoms with Crippen LogP contribution in [0.25, 0.3) is 0 Å². The van der Waals surface area contributed by atoms with Crippen molar-refractivity contribution in [3.05, 3.63) is 58.1 Å². The van der Waals surface area contributed by atoms with Crippen LogP contribution in [0.4, 0.5) is 5.69 Å². The van der Waals surface area contributed by atoms with Crippen molar-refractivity contribution in [3.8, 4) is 5.75 Å². The fourth-order valence-electron chi connectivity index (χ4n) is 4.91. The van der Waals surface area contributed by atoms with Crippen LogP contribution in [-0.2, 0) is 26.2 Å². The van der Waals surface area contributed by atoms with E-state index in [2.05, 4.69) is 5.32 Å². The molecule has 0 saturated heterocycles. The second-order valence-electron chi connectivity index (χ2n) is 10.1. The van der Waals surface area contributed by atoms with E-state index in [-0.39, 0.29) is 43.8 Å². The summed E-state index contributed by atoms with van der Waals surface area (Å²) in [7, 11) is -3.65. The largest absolute Gasteiger partial charge is 0.492 e. The zero-order valence-electron chi connectivity index (χ0n) is 23.4. The number of hydrogen-bond donors (Lipinski definition) is 1. The Bertz CT molecular complexity index is 1270. The molecule has 0 aliphatic heterocycles. The van der Waals surface area contributed by atoms with Gasteiger partial charge in [0.25, 0.3) is 0 Å². The highest BCUT2D eigenvalue weighted by atomic mass is 35.5. The average molecular weight is 613 g/mol. The van der Waals surface area contributed by atoms with E-state index in [0.717, 1.165) is 31.9 Å². The second kappa shape index (κ2) is 14.9. The van der Waals surface area contributed by atoms with Crippen molar-refractivity contribution in [2.24, 2.45) is 0 Å². The molecule has 0 aromatic heterocycles. The van der Waals surface area contributed by atoms with Crippen LogP contribution in [0.1, 0.15) is 64.4 Å². The number of nitrogens with zero attached hydrogens (tertiary/aromatic N) is 2. The SMILES string of the molecule is CCOc1ccccc1N(CCCC(=O)N(Cc1ccc(Cl)cc1Cl)[C@@H](C)C(=O)NC1CCCCC1)S(C)(=O)=O. The smallest absolute Gasteiger partial charge is 0.242 e. The van der Waals surface area contributed by atoms with Gasteiger partial charge in [0.2, 0.25) is 21.8 Å². The lowest BCUT2D eigenvalue weighted by atomic mass is 9.95. The number of benzene rings is 2. The third kappa shape index (κ3) is 9.01. The Hall–Kier alpha value is -2.49. The number of halogens is 2. The molecule has 0 spiro atoms. The lowest BCUT2D eigenvalue weighted by molar-refractivity contribution is -0.141. The van der Waals surface area contributed by atoms with E-state index >= 15 is 0 Å². The van der Waals surface area contributed by atoms with E-state index in [4.69, 9.17) is 27.9 Å². The number of carbonyl (C=O) groups is 2. The van der Waals surface area contributed by atoms with Gasteiger partial charge in [-0.2, -0.15) is 0 Å². The van der Waals surface area contributed by atoms with Crippen molar-refractivity contribution in [2.45, 2.75) is 77.4 Å². The Morgan fingerprint density at radius 1 is 1.10 bits per heavy atom. The van der Waals surface area contributed by atoms with Gasteiger partial charge in [0, 0.05) is 35.6 Å². The molecule has 0 heterocycles. The normalized spacial score (nSPS) is 14.8. The highest BCUT2D eigenvalue weighted by Crippen LogP contribution is 2.30. The van der Waals surface area contributed by atoms with Gasteiger partial charge in [-0.25, -0.2) is 8.42 Å². The van der Waals surface area contributed by atoms with Gasteiger partial charge in [-0.05, 0) is 62.9 Å². The fraction of sp³-hybridized carbons (Fsp3) is 0.517. The molecule has 1 atom stereocenters. The highest BCUT2D eigenvalue weighted by Gasteiger charge is 2.29. The number of amides is 2. The third-order valence-electron chi connectivity index (χ3n) is 7.06. The monoisotopic (exact) mass is 611 g/mol. The quantitative estimate of drug-likeness (QED) is 0.308. The van der Waals surface area contributed by atoms with Gasteiger partial charge in [-0.15, -0.1) is 0 Å². The van der Waals surface area contributed by atoms with Crippen molar-refractivity contribution in [1.29, 1.82) is 0 Å². The summed E-state index contributed by atoms with van der Waals surface area (Å²) < 4.78 is 32.3. The lowest BCUT2D eigenvalue weighted by Gasteiger charge is -2.32. The lowest BCUT2D eigenvalue weighted by Crippen LogP contribution is -2.50. The molecule has 8 nitrogen and oxygen atoms in total. The number of nitrogens with one attached hydrogen (secondary N) is 1. The van der Waals surface area contributed by atoms with Gasteiger partial charge < -0.3 is 15.0 Å². The van der Waals surface area contributed by atoms with E-state index < -0.39 is 16.1 Å². The van der Waals surface area contributed by atoms with E-state index in [1.807, 2.05) is 6.92 Å². The maximum atomic E-state index is 13.6. The average Bonchev–Trinajstić information content (AvgIpc) is 2.91. The number of ether oxygens (including phenoxy) is 1.